The van der Waals surface area contributed by atoms with Gasteiger partial charge in [-0.25, -0.2) is 18.7 Å². The van der Waals surface area contributed by atoms with E-state index in [-0.39, 0.29) is 11.4 Å². The van der Waals surface area contributed by atoms with Gasteiger partial charge in [0, 0.05) is 12.4 Å². The highest BCUT2D eigenvalue weighted by Crippen LogP contribution is 2.25. The van der Waals surface area contributed by atoms with Gasteiger partial charge in [-0.1, -0.05) is 64.9 Å². The molecule has 0 saturated heterocycles. The molecule has 0 aliphatic carbocycles. The Morgan fingerprint density at radius 3 is 2.00 bits per heavy atom. The van der Waals surface area contributed by atoms with Crippen LogP contribution in [0.1, 0.15) is 82.8 Å². The van der Waals surface area contributed by atoms with Crippen LogP contribution in [-0.2, 0) is 12.8 Å². The van der Waals surface area contributed by atoms with Crippen LogP contribution in [0, 0.1) is 11.6 Å². The lowest BCUT2D eigenvalue weighted by atomic mass is 10.0. The van der Waals surface area contributed by atoms with E-state index in [1.807, 2.05) is 6.92 Å². The Balaban J connectivity index is 1.90. The molecule has 0 amide bonds. The first-order valence-corrected chi connectivity index (χ1v) is 10.5. The molecule has 2 nitrogen and oxygen atoms in total. The molecule has 0 spiro atoms. The van der Waals surface area contributed by atoms with Gasteiger partial charge in [0.15, 0.2) is 17.5 Å². The fourth-order valence-electron chi connectivity index (χ4n) is 3.23. The van der Waals surface area contributed by atoms with Gasteiger partial charge in [-0.15, -0.1) is 0 Å². The minimum absolute atomic E-state index is 0.134. The third-order valence-corrected chi connectivity index (χ3v) is 4.98. The predicted octanol–water partition coefficient (Wildman–Crippen LogP) is 7.06. The highest BCUT2D eigenvalue weighted by Gasteiger charge is 2.16. The summed E-state index contributed by atoms with van der Waals surface area (Å²) in [5, 5.41) is 0. The minimum atomic E-state index is -0.844. The van der Waals surface area contributed by atoms with Crippen molar-refractivity contribution in [3.05, 3.63) is 47.3 Å². The lowest BCUT2D eigenvalue weighted by Gasteiger charge is -2.08. The third kappa shape index (κ3) is 6.67. The molecule has 1 aromatic heterocycles. The van der Waals surface area contributed by atoms with Gasteiger partial charge < -0.3 is 0 Å². The van der Waals surface area contributed by atoms with Crippen LogP contribution < -0.4 is 0 Å². The molecule has 0 radical (unpaired) electrons. The van der Waals surface area contributed by atoms with Gasteiger partial charge in [-0.2, -0.15) is 0 Å². The molecule has 0 bridgehead atoms. The van der Waals surface area contributed by atoms with E-state index < -0.39 is 11.6 Å². The Morgan fingerprint density at radius 1 is 0.704 bits per heavy atom. The zero-order chi connectivity index (χ0) is 19.5. The van der Waals surface area contributed by atoms with Crippen LogP contribution >= 0.6 is 0 Å². The maximum atomic E-state index is 14.4. The lowest BCUT2D eigenvalue weighted by molar-refractivity contribution is 0.498. The molecule has 0 atom stereocenters. The summed E-state index contributed by atoms with van der Waals surface area (Å²) in [4.78, 5) is 8.53. The van der Waals surface area contributed by atoms with Gasteiger partial charge in [0.2, 0.25) is 0 Å². The zero-order valence-corrected chi connectivity index (χ0v) is 16.7. The van der Waals surface area contributed by atoms with Crippen molar-refractivity contribution in [2.24, 2.45) is 0 Å². The highest BCUT2D eigenvalue weighted by atomic mass is 19.2. The second-order valence-corrected chi connectivity index (χ2v) is 7.29. The van der Waals surface area contributed by atoms with Crippen LogP contribution in [0.3, 0.4) is 0 Å². The molecule has 2 rings (SSSR count). The topological polar surface area (TPSA) is 25.8 Å². The molecular weight excluding hydrogens is 342 g/mol. The maximum absolute atomic E-state index is 14.4. The zero-order valence-electron chi connectivity index (χ0n) is 16.7. The smallest absolute Gasteiger partial charge is 0.170 e. The van der Waals surface area contributed by atoms with Crippen LogP contribution in [0.15, 0.2) is 24.5 Å². The molecule has 0 N–H and O–H groups in total. The molecule has 148 valence electrons. The van der Waals surface area contributed by atoms with Crippen molar-refractivity contribution in [1.82, 2.24) is 9.97 Å². The van der Waals surface area contributed by atoms with Crippen LogP contribution in [0.2, 0.25) is 0 Å². The van der Waals surface area contributed by atoms with Crippen molar-refractivity contribution >= 4 is 0 Å². The number of benzene rings is 1. The number of halogens is 2. The number of hydrogen-bond donors (Lipinski definition) is 0. The van der Waals surface area contributed by atoms with Crippen LogP contribution in [-0.4, -0.2) is 9.97 Å². The molecule has 0 fully saturated rings. The molecule has 0 saturated carbocycles. The monoisotopic (exact) mass is 374 g/mol. The molecule has 27 heavy (non-hydrogen) atoms. The van der Waals surface area contributed by atoms with Gasteiger partial charge in [0.05, 0.1) is 5.56 Å². The largest absolute Gasteiger partial charge is 0.236 e. The van der Waals surface area contributed by atoms with Gasteiger partial charge in [-0.3, -0.25) is 0 Å². The SMILES string of the molecule is CCCCCCCCCc1cnc(-c2ccc(CCCC)c(F)c2F)nc1. The summed E-state index contributed by atoms with van der Waals surface area (Å²) in [6.07, 6.45) is 15.6. The average Bonchev–Trinajstić information content (AvgIpc) is 2.69. The second kappa shape index (κ2) is 11.8. The lowest BCUT2D eigenvalue weighted by Crippen LogP contribution is -2.00. The molecule has 0 aliphatic rings. The van der Waals surface area contributed by atoms with Crippen molar-refractivity contribution in [3.63, 3.8) is 0 Å². The summed E-state index contributed by atoms with van der Waals surface area (Å²) < 4.78 is 28.6. The van der Waals surface area contributed by atoms with E-state index in [1.54, 1.807) is 24.5 Å². The quantitative estimate of drug-likeness (QED) is 0.372. The maximum Gasteiger partial charge on any atom is 0.170 e. The number of rotatable bonds is 12. The van der Waals surface area contributed by atoms with Gasteiger partial charge in [0.25, 0.3) is 0 Å². The minimum Gasteiger partial charge on any atom is -0.236 e. The van der Waals surface area contributed by atoms with E-state index in [0.717, 1.165) is 31.2 Å². The van der Waals surface area contributed by atoms with E-state index in [2.05, 4.69) is 16.9 Å². The fourth-order valence-corrected chi connectivity index (χ4v) is 3.23. The number of nitrogens with zero attached hydrogens (tertiary/aromatic N) is 2. The molecule has 0 unspecified atom stereocenters. The Hall–Kier alpha value is -1.84. The predicted molar refractivity (Wildman–Crippen MR) is 108 cm³/mol. The molecule has 1 heterocycles. The summed E-state index contributed by atoms with van der Waals surface area (Å²) in [5.74, 6) is -1.36. The third-order valence-electron chi connectivity index (χ3n) is 4.98. The Kier molecular flexibility index (Phi) is 9.37. The van der Waals surface area contributed by atoms with Crippen molar-refractivity contribution in [2.45, 2.75) is 84.5 Å². The van der Waals surface area contributed by atoms with Gasteiger partial charge in [-0.05, 0) is 42.9 Å². The standard InChI is InChI=1S/C23H32F2N2/c1-3-5-7-8-9-10-11-12-18-16-26-23(27-17-18)20-15-14-19(13-6-4-2)21(24)22(20)25/h14-17H,3-13H2,1-2H3. The Morgan fingerprint density at radius 2 is 1.33 bits per heavy atom. The summed E-state index contributed by atoms with van der Waals surface area (Å²) in [6, 6.07) is 3.24. The van der Waals surface area contributed by atoms with Crippen molar-refractivity contribution in [3.8, 4) is 11.4 Å². The van der Waals surface area contributed by atoms with Crippen LogP contribution in [0.25, 0.3) is 11.4 Å². The van der Waals surface area contributed by atoms with Gasteiger partial charge >= 0.3 is 0 Å². The van der Waals surface area contributed by atoms with E-state index >= 15 is 0 Å². The summed E-state index contributed by atoms with van der Waals surface area (Å²) in [6.45, 7) is 4.26. The van der Waals surface area contributed by atoms with E-state index in [0.29, 0.717) is 12.0 Å². The Bertz CT molecular complexity index is 684. The fraction of sp³-hybridized carbons (Fsp3) is 0.565. The Labute approximate surface area is 162 Å². The van der Waals surface area contributed by atoms with E-state index in [1.165, 1.54) is 38.5 Å². The molecule has 4 heteroatoms. The van der Waals surface area contributed by atoms with Crippen molar-refractivity contribution in [2.75, 3.05) is 0 Å². The average molecular weight is 375 g/mol. The van der Waals surface area contributed by atoms with E-state index in [4.69, 9.17) is 0 Å². The number of aromatic nitrogens is 2. The van der Waals surface area contributed by atoms with Crippen molar-refractivity contribution in [1.29, 1.82) is 0 Å². The number of hydrogen-bond acceptors (Lipinski definition) is 2. The summed E-state index contributed by atoms with van der Waals surface area (Å²) >= 11 is 0. The summed E-state index contributed by atoms with van der Waals surface area (Å²) in [5.41, 5.74) is 1.61. The van der Waals surface area contributed by atoms with Gasteiger partial charge in [0.1, 0.15) is 0 Å². The first-order valence-electron chi connectivity index (χ1n) is 10.5. The van der Waals surface area contributed by atoms with Crippen LogP contribution in [0.5, 0.6) is 0 Å². The van der Waals surface area contributed by atoms with E-state index in [9.17, 15) is 8.78 Å². The number of unbranched alkanes of at least 4 members (excludes halogenated alkanes) is 7. The molecular formula is C23H32F2N2. The molecule has 1 aromatic carbocycles. The first kappa shape index (κ1) is 21.5. The van der Waals surface area contributed by atoms with Crippen LogP contribution in [0.4, 0.5) is 8.78 Å². The molecule has 0 aliphatic heterocycles. The normalized spacial score (nSPS) is 11.1. The highest BCUT2D eigenvalue weighted by molar-refractivity contribution is 5.56. The molecule has 2 aromatic rings. The first-order chi connectivity index (χ1) is 13.2. The summed E-state index contributed by atoms with van der Waals surface area (Å²) in [7, 11) is 0. The second-order valence-electron chi connectivity index (χ2n) is 7.29. The van der Waals surface area contributed by atoms with Crippen molar-refractivity contribution < 1.29 is 8.78 Å². The number of aryl methyl sites for hydroxylation is 2.